The van der Waals surface area contributed by atoms with Gasteiger partial charge in [0.25, 0.3) is 0 Å². The van der Waals surface area contributed by atoms with Crippen LogP contribution >= 0.6 is 0 Å². The topological polar surface area (TPSA) is 68.2 Å². The van der Waals surface area contributed by atoms with Gasteiger partial charge in [-0.25, -0.2) is 4.68 Å². The number of rotatable bonds is 5. The lowest BCUT2D eigenvalue weighted by Crippen LogP contribution is -2.46. The van der Waals surface area contributed by atoms with Crippen molar-refractivity contribution in [1.29, 1.82) is 0 Å². The summed E-state index contributed by atoms with van der Waals surface area (Å²) in [6.45, 7) is 1.37. The SMILES string of the molecule is COc1ccc(-n2ccc(CNC(=O)C3CCCCN3)n2)cc1. The van der Waals surface area contributed by atoms with Crippen LogP contribution in [0, 0.1) is 0 Å². The van der Waals surface area contributed by atoms with Crippen LogP contribution in [0.25, 0.3) is 5.69 Å². The van der Waals surface area contributed by atoms with Crippen molar-refractivity contribution in [3.8, 4) is 11.4 Å². The molecule has 1 unspecified atom stereocenters. The highest BCUT2D eigenvalue weighted by molar-refractivity contribution is 5.81. The van der Waals surface area contributed by atoms with Gasteiger partial charge in [0, 0.05) is 6.20 Å². The second-order valence-electron chi connectivity index (χ2n) is 5.67. The minimum Gasteiger partial charge on any atom is -0.497 e. The van der Waals surface area contributed by atoms with Gasteiger partial charge in [-0.1, -0.05) is 6.42 Å². The summed E-state index contributed by atoms with van der Waals surface area (Å²) < 4.78 is 6.94. The van der Waals surface area contributed by atoms with E-state index in [1.165, 1.54) is 0 Å². The summed E-state index contributed by atoms with van der Waals surface area (Å²) in [6.07, 6.45) is 5.06. The number of ether oxygens (including phenoxy) is 1. The Kier molecular flexibility index (Phi) is 4.92. The number of nitrogens with zero attached hydrogens (tertiary/aromatic N) is 2. The Balaban J connectivity index is 1.57. The zero-order valence-corrected chi connectivity index (χ0v) is 13.3. The van der Waals surface area contributed by atoms with Gasteiger partial charge in [0.2, 0.25) is 5.91 Å². The maximum atomic E-state index is 12.1. The molecule has 0 spiro atoms. The maximum Gasteiger partial charge on any atom is 0.237 e. The molecule has 0 bridgehead atoms. The second kappa shape index (κ2) is 7.28. The van der Waals surface area contributed by atoms with E-state index in [1.54, 1.807) is 11.8 Å². The normalized spacial score (nSPS) is 17.7. The Hall–Kier alpha value is -2.34. The van der Waals surface area contributed by atoms with E-state index in [-0.39, 0.29) is 11.9 Å². The summed E-state index contributed by atoms with van der Waals surface area (Å²) in [5, 5.41) is 10.7. The summed E-state index contributed by atoms with van der Waals surface area (Å²) >= 11 is 0. The predicted octanol–water partition coefficient (Wildman–Crippen LogP) is 1.64. The first kappa shape index (κ1) is 15.6. The third-order valence-corrected chi connectivity index (χ3v) is 4.05. The molecule has 1 aliphatic heterocycles. The van der Waals surface area contributed by atoms with Crippen molar-refractivity contribution in [2.45, 2.75) is 31.8 Å². The monoisotopic (exact) mass is 314 g/mol. The number of amides is 1. The van der Waals surface area contributed by atoms with Gasteiger partial charge in [0.15, 0.2) is 0 Å². The van der Waals surface area contributed by atoms with Crippen molar-refractivity contribution in [2.24, 2.45) is 0 Å². The molecule has 0 aliphatic carbocycles. The first-order valence-corrected chi connectivity index (χ1v) is 7.96. The molecule has 6 nitrogen and oxygen atoms in total. The van der Waals surface area contributed by atoms with Gasteiger partial charge in [-0.05, 0) is 49.7 Å². The molecular weight excluding hydrogens is 292 g/mol. The Morgan fingerprint density at radius 1 is 1.35 bits per heavy atom. The second-order valence-corrected chi connectivity index (χ2v) is 5.67. The van der Waals surface area contributed by atoms with Crippen LogP contribution < -0.4 is 15.4 Å². The number of piperidine rings is 1. The van der Waals surface area contributed by atoms with E-state index in [9.17, 15) is 4.79 Å². The Morgan fingerprint density at radius 2 is 2.17 bits per heavy atom. The first-order valence-electron chi connectivity index (χ1n) is 7.96. The molecule has 0 radical (unpaired) electrons. The number of benzene rings is 1. The number of nitrogens with one attached hydrogen (secondary N) is 2. The quantitative estimate of drug-likeness (QED) is 0.880. The maximum absolute atomic E-state index is 12.1. The Morgan fingerprint density at radius 3 is 2.87 bits per heavy atom. The molecule has 6 heteroatoms. The van der Waals surface area contributed by atoms with E-state index < -0.39 is 0 Å². The zero-order valence-electron chi connectivity index (χ0n) is 13.3. The van der Waals surface area contributed by atoms with Crippen LogP contribution in [-0.4, -0.2) is 35.4 Å². The molecule has 0 saturated carbocycles. The molecule has 1 aliphatic rings. The number of hydrogen-bond acceptors (Lipinski definition) is 4. The highest BCUT2D eigenvalue weighted by Gasteiger charge is 2.20. The summed E-state index contributed by atoms with van der Waals surface area (Å²) in [7, 11) is 1.64. The number of carbonyl (C=O) groups is 1. The fraction of sp³-hybridized carbons (Fsp3) is 0.412. The Bertz CT molecular complexity index is 645. The van der Waals surface area contributed by atoms with Crippen molar-refractivity contribution in [3.63, 3.8) is 0 Å². The van der Waals surface area contributed by atoms with Crippen LogP contribution in [0.1, 0.15) is 25.0 Å². The summed E-state index contributed by atoms with van der Waals surface area (Å²) in [5.41, 5.74) is 1.79. The molecular formula is C17H22N4O2. The van der Waals surface area contributed by atoms with E-state index >= 15 is 0 Å². The minimum absolute atomic E-state index is 0.0590. The van der Waals surface area contributed by atoms with Gasteiger partial charge < -0.3 is 15.4 Å². The van der Waals surface area contributed by atoms with Crippen molar-refractivity contribution >= 4 is 5.91 Å². The molecule has 1 atom stereocenters. The summed E-state index contributed by atoms with van der Waals surface area (Å²) in [5.74, 6) is 0.872. The number of methoxy groups -OCH3 is 1. The van der Waals surface area contributed by atoms with Crippen molar-refractivity contribution < 1.29 is 9.53 Å². The van der Waals surface area contributed by atoms with Gasteiger partial charge in [0.1, 0.15) is 5.75 Å². The molecule has 1 saturated heterocycles. The third kappa shape index (κ3) is 3.90. The predicted molar refractivity (Wildman–Crippen MR) is 87.6 cm³/mol. The van der Waals surface area contributed by atoms with E-state index in [2.05, 4.69) is 15.7 Å². The lowest BCUT2D eigenvalue weighted by Gasteiger charge is -2.22. The molecule has 1 aromatic carbocycles. The molecule has 23 heavy (non-hydrogen) atoms. The number of aromatic nitrogens is 2. The van der Waals surface area contributed by atoms with Crippen molar-refractivity contribution in [2.75, 3.05) is 13.7 Å². The van der Waals surface area contributed by atoms with Gasteiger partial charge in [0.05, 0.1) is 31.1 Å². The van der Waals surface area contributed by atoms with E-state index in [4.69, 9.17) is 4.74 Å². The van der Waals surface area contributed by atoms with Crippen LogP contribution in [0.3, 0.4) is 0 Å². The van der Waals surface area contributed by atoms with Crippen LogP contribution in [0.15, 0.2) is 36.5 Å². The molecule has 122 valence electrons. The van der Waals surface area contributed by atoms with Crippen LogP contribution in [0.4, 0.5) is 0 Å². The third-order valence-electron chi connectivity index (χ3n) is 4.05. The standard InChI is InChI=1S/C17H22N4O2/c1-23-15-7-5-14(6-8-15)21-11-9-13(20-21)12-19-17(22)16-4-2-3-10-18-16/h5-9,11,16,18H,2-4,10,12H2,1H3,(H,19,22). The van der Waals surface area contributed by atoms with Crippen molar-refractivity contribution in [3.05, 3.63) is 42.2 Å². The highest BCUT2D eigenvalue weighted by Crippen LogP contribution is 2.14. The van der Waals surface area contributed by atoms with Gasteiger partial charge in [-0.2, -0.15) is 5.10 Å². The highest BCUT2D eigenvalue weighted by atomic mass is 16.5. The summed E-state index contributed by atoms with van der Waals surface area (Å²) in [6, 6.07) is 9.53. The zero-order chi connectivity index (χ0) is 16.1. The van der Waals surface area contributed by atoms with E-state index in [0.29, 0.717) is 6.54 Å². The molecule has 2 N–H and O–H groups in total. The first-order chi connectivity index (χ1) is 11.3. The molecule has 2 heterocycles. The molecule has 1 amide bonds. The average molecular weight is 314 g/mol. The summed E-state index contributed by atoms with van der Waals surface area (Å²) in [4.78, 5) is 12.1. The lowest BCUT2D eigenvalue weighted by atomic mass is 10.0. The number of carbonyl (C=O) groups excluding carboxylic acids is 1. The average Bonchev–Trinajstić information content (AvgIpc) is 3.09. The number of hydrogen-bond donors (Lipinski definition) is 2. The van der Waals surface area contributed by atoms with Gasteiger partial charge >= 0.3 is 0 Å². The molecule has 2 aromatic rings. The fourth-order valence-electron chi connectivity index (χ4n) is 2.71. The van der Waals surface area contributed by atoms with Gasteiger partial charge in [-0.3, -0.25) is 4.79 Å². The minimum atomic E-state index is -0.0626. The van der Waals surface area contributed by atoms with E-state index in [0.717, 1.165) is 42.9 Å². The lowest BCUT2D eigenvalue weighted by molar-refractivity contribution is -0.123. The largest absolute Gasteiger partial charge is 0.497 e. The smallest absolute Gasteiger partial charge is 0.237 e. The van der Waals surface area contributed by atoms with Crippen LogP contribution in [0.5, 0.6) is 5.75 Å². The van der Waals surface area contributed by atoms with Crippen LogP contribution in [-0.2, 0) is 11.3 Å². The molecule has 1 aromatic heterocycles. The molecule has 1 fully saturated rings. The fourth-order valence-corrected chi connectivity index (χ4v) is 2.71. The van der Waals surface area contributed by atoms with Gasteiger partial charge in [-0.15, -0.1) is 0 Å². The van der Waals surface area contributed by atoms with Crippen molar-refractivity contribution in [1.82, 2.24) is 20.4 Å². The Labute approximate surface area is 135 Å². The van der Waals surface area contributed by atoms with Crippen LogP contribution in [0.2, 0.25) is 0 Å². The van der Waals surface area contributed by atoms with E-state index in [1.807, 2.05) is 36.5 Å². The molecule has 3 rings (SSSR count).